The average Bonchev–Trinajstić information content (AvgIpc) is 2.56. The van der Waals surface area contributed by atoms with E-state index >= 15 is 0 Å². The lowest BCUT2D eigenvalue weighted by Crippen LogP contribution is -2.22. The first kappa shape index (κ1) is 17.3. The summed E-state index contributed by atoms with van der Waals surface area (Å²) in [5.74, 6) is 1.31. The molecule has 1 N–H and O–H groups in total. The Morgan fingerprint density at radius 1 is 1.00 bits per heavy atom. The molecule has 0 saturated heterocycles. The predicted molar refractivity (Wildman–Crippen MR) is 94.1 cm³/mol. The Morgan fingerprint density at radius 2 is 1.65 bits per heavy atom. The highest BCUT2D eigenvalue weighted by Gasteiger charge is 2.08. The van der Waals surface area contributed by atoms with Crippen molar-refractivity contribution < 1.29 is 14.3 Å². The Labute approximate surface area is 144 Å². The fraction of sp³-hybridized carbons (Fsp3) is 0.278. The summed E-state index contributed by atoms with van der Waals surface area (Å²) in [6, 6.07) is 13.0. The zero-order valence-corrected chi connectivity index (χ0v) is 14.9. The van der Waals surface area contributed by atoms with Crippen molar-refractivity contribution >= 4 is 21.8 Å². The summed E-state index contributed by atoms with van der Waals surface area (Å²) in [7, 11) is 0. The molecule has 0 unspecified atom stereocenters. The van der Waals surface area contributed by atoms with Gasteiger partial charge in [0.05, 0.1) is 13.2 Å². The van der Waals surface area contributed by atoms with E-state index in [1.165, 1.54) is 0 Å². The van der Waals surface area contributed by atoms with E-state index in [1.54, 1.807) is 12.1 Å². The Kier molecular flexibility index (Phi) is 6.47. The molecule has 0 radical (unpaired) electrons. The zero-order valence-electron chi connectivity index (χ0n) is 13.3. The third kappa shape index (κ3) is 4.99. The second-order valence-electron chi connectivity index (χ2n) is 4.84. The van der Waals surface area contributed by atoms with Crippen LogP contribution in [0.15, 0.2) is 46.9 Å². The van der Waals surface area contributed by atoms with E-state index in [9.17, 15) is 4.79 Å². The fourth-order valence-corrected chi connectivity index (χ4v) is 2.36. The molecule has 0 aromatic heterocycles. The van der Waals surface area contributed by atoms with Gasteiger partial charge in [-0.3, -0.25) is 4.79 Å². The Hall–Kier alpha value is -2.01. The van der Waals surface area contributed by atoms with Crippen LogP contribution in [0.5, 0.6) is 11.5 Å². The molecular weight excluding hydrogens is 358 g/mol. The number of amides is 1. The Balaban J connectivity index is 2.03. The van der Waals surface area contributed by atoms with Crippen molar-refractivity contribution in [2.75, 3.05) is 13.2 Å². The van der Waals surface area contributed by atoms with Gasteiger partial charge in [-0.1, -0.05) is 22.0 Å². The van der Waals surface area contributed by atoms with Crippen LogP contribution in [-0.4, -0.2) is 19.1 Å². The molecule has 2 rings (SSSR count). The molecule has 2 aromatic carbocycles. The molecule has 0 fully saturated rings. The lowest BCUT2D eigenvalue weighted by Gasteiger charge is -2.13. The van der Waals surface area contributed by atoms with Gasteiger partial charge in [0.25, 0.3) is 5.91 Å². The molecule has 4 nitrogen and oxygen atoms in total. The first-order valence-corrected chi connectivity index (χ1v) is 8.35. The van der Waals surface area contributed by atoms with E-state index in [2.05, 4.69) is 21.2 Å². The summed E-state index contributed by atoms with van der Waals surface area (Å²) in [5.41, 5.74) is 1.59. The highest BCUT2D eigenvalue weighted by atomic mass is 79.9. The van der Waals surface area contributed by atoms with Gasteiger partial charge in [0.1, 0.15) is 0 Å². The van der Waals surface area contributed by atoms with Crippen LogP contribution in [0.25, 0.3) is 0 Å². The third-order valence-electron chi connectivity index (χ3n) is 3.17. The van der Waals surface area contributed by atoms with Crippen LogP contribution in [0.4, 0.5) is 0 Å². The van der Waals surface area contributed by atoms with E-state index in [-0.39, 0.29) is 5.91 Å². The summed E-state index contributed by atoms with van der Waals surface area (Å²) in [5, 5.41) is 2.90. The standard InChI is InChI=1S/C18H20BrNO3/c1-3-22-16-10-5-13(11-17(16)23-4-2)12-20-18(21)14-6-8-15(19)9-7-14/h5-11H,3-4,12H2,1-2H3,(H,20,21). The highest BCUT2D eigenvalue weighted by molar-refractivity contribution is 9.10. The maximum absolute atomic E-state index is 12.1. The molecule has 122 valence electrons. The van der Waals surface area contributed by atoms with Gasteiger partial charge in [-0.05, 0) is 55.8 Å². The number of halogens is 1. The average molecular weight is 378 g/mol. The van der Waals surface area contributed by atoms with Crippen molar-refractivity contribution in [3.05, 3.63) is 58.1 Å². The molecule has 23 heavy (non-hydrogen) atoms. The van der Waals surface area contributed by atoms with Gasteiger partial charge < -0.3 is 14.8 Å². The molecule has 5 heteroatoms. The number of nitrogens with one attached hydrogen (secondary N) is 1. The van der Waals surface area contributed by atoms with Gasteiger partial charge in [-0.25, -0.2) is 0 Å². The Morgan fingerprint density at radius 3 is 2.30 bits per heavy atom. The Bertz CT molecular complexity index is 656. The van der Waals surface area contributed by atoms with E-state index in [4.69, 9.17) is 9.47 Å². The first-order valence-electron chi connectivity index (χ1n) is 7.56. The lowest BCUT2D eigenvalue weighted by molar-refractivity contribution is 0.0951. The second kappa shape index (κ2) is 8.58. The smallest absolute Gasteiger partial charge is 0.251 e. The van der Waals surface area contributed by atoms with Crippen LogP contribution in [0, 0.1) is 0 Å². The monoisotopic (exact) mass is 377 g/mol. The fourth-order valence-electron chi connectivity index (χ4n) is 2.09. The van der Waals surface area contributed by atoms with Crippen molar-refractivity contribution in [2.24, 2.45) is 0 Å². The van der Waals surface area contributed by atoms with Gasteiger partial charge in [-0.15, -0.1) is 0 Å². The van der Waals surface area contributed by atoms with Crippen molar-refractivity contribution in [2.45, 2.75) is 20.4 Å². The summed E-state index contributed by atoms with van der Waals surface area (Å²) < 4.78 is 12.1. The van der Waals surface area contributed by atoms with Gasteiger partial charge in [0.2, 0.25) is 0 Å². The molecule has 0 saturated carbocycles. The maximum Gasteiger partial charge on any atom is 0.251 e. The van der Waals surface area contributed by atoms with E-state index in [0.29, 0.717) is 31.1 Å². The summed E-state index contributed by atoms with van der Waals surface area (Å²) in [4.78, 5) is 12.1. The number of rotatable bonds is 7. The SMILES string of the molecule is CCOc1ccc(CNC(=O)c2ccc(Br)cc2)cc1OCC. The molecule has 0 spiro atoms. The molecule has 0 heterocycles. The number of hydrogen-bond donors (Lipinski definition) is 1. The third-order valence-corrected chi connectivity index (χ3v) is 3.70. The summed E-state index contributed by atoms with van der Waals surface area (Å²) in [6.45, 7) is 5.44. The van der Waals surface area contributed by atoms with Crippen LogP contribution in [0.2, 0.25) is 0 Å². The number of carbonyl (C=O) groups excluding carboxylic acids is 1. The number of carbonyl (C=O) groups is 1. The topological polar surface area (TPSA) is 47.6 Å². The largest absolute Gasteiger partial charge is 0.490 e. The van der Waals surface area contributed by atoms with Gasteiger partial charge >= 0.3 is 0 Å². The highest BCUT2D eigenvalue weighted by Crippen LogP contribution is 2.28. The van der Waals surface area contributed by atoms with Crippen LogP contribution >= 0.6 is 15.9 Å². The summed E-state index contributed by atoms with van der Waals surface area (Å²) >= 11 is 3.35. The van der Waals surface area contributed by atoms with Crippen molar-refractivity contribution in [1.82, 2.24) is 5.32 Å². The van der Waals surface area contributed by atoms with E-state index < -0.39 is 0 Å². The molecule has 0 aliphatic heterocycles. The van der Waals surface area contributed by atoms with Gasteiger partial charge in [-0.2, -0.15) is 0 Å². The van der Waals surface area contributed by atoms with Crippen molar-refractivity contribution in [3.8, 4) is 11.5 Å². The number of ether oxygens (including phenoxy) is 2. The zero-order chi connectivity index (χ0) is 16.7. The second-order valence-corrected chi connectivity index (χ2v) is 5.75. The van der Waals surface area contributed by atoms with Gasteiger partial charge in [0.15, 0.2) is 11.5 Å². The van der Waals surface area contributed by atoms with Crippen LogP contribution < -0.4 is 14.8 Å². The first-order chi connectivity index (χ1) is 11.1. The minimum atomic E-state index is -0.107. The van der Waals surface area contributed by atoms with Gasteiger partial charge in [0, 0.05) is 16.6 Å². The minimum Gasteiger partial charge on any atom is -0.490 e. The molecule has 0 aliphatic rings. The van der Waals surface area contributed by atoms with Crippen molar-refractivity contribution in [1.29, 1.82) is 0 Å². The normalized spacial score (nSPS) is 10.2. The van der Waals surface area contributed by atoms with Crippen LogP contribution in [-0.2, 0) is 6.54 Å². The quantitative estimate of drug-likeness (QED) is 0.787. The molecule has 1 amide bonds. The molecular formula is C18H20BrNO3. The number of hydrogen-bond acceptors (Lipinski definition) is 3. The van der Waals surface area contributed by atoms with Crippen molar-refractivity contribution in [3.63, 3.8) is 0 Å². The molecule has 2 aromatic rings. The number of benzene rings is 2. The maximum atomic E-state index is 12.1. The lowest BCUT2D eigenvalue weighted by atomic mass is 10.1. The van der Waals surface area contributed by atoms with E-state index in [1.807, 2.05) is 44.2 Å². The molecule has 0 aliphatic carbocycles. The van der Waals surface area contributed by atoms with Crippen LogP contribution in [0.1, 0.15) is 29.8 Å². The van der Waals surface area contributed by atoms with E-state index in [0.717, 1.165) is 15.8 Å². The van der Waals surface area contributed by atoms with Crippen LogP contribution in [0.3, 0.4) is 0 Å². The summed E-state index contributed by atoms with van der Waals surface area (Å²) in [6.07, 6.45) is 0. The predicted octanol–water partition coefficient (Wildman–Crippen LogP) is 4.18. The molecule has 0 atom stereocenters. The minimum absolute atomic E-state index is 0.107. The molecule has 0 bridgehead atoms.